The summed E-state index contributed by atoms with van der Waals surface area (Å²) in [5, 5.41) is 2.30. The van der Waals surface area contributed by atoms with E-state index in [1.807, 2.05) is 7.05 Å². The molecular weight excluding hydrogens is 358 g/mol. The summed E-state index contributed by atoms with van der Waals surface area (Å²) in [7, 11) is 1.84. The van der Waals surface area contributed by atoms with Gasteiger partial charge in [-0.2, -0.15) is 0 Å². The molecule has 1 unspecified atom stereocenters. The molecule has 7 nitrogen and oxygen atoms in total. The summed E-state index contributed by atoms with van der Waals surface area (Å²) in [4.78, 5) is 52.6. The Balaban J connectivity index is 1.52. The van der Waals surface area contributed by atoms with E-state index in [4.69, 9.17) is 0 Å². The molecule has 0 bridgehead atoms. The fourth-order valence-electron chi connectivity index (χ4n) is 4.53. The second kappa shape index (κ2) is 7.37. The van der Waals surface area contributed by atoms with Crippen molar-refractivity contribution in [3.8, 4) is 0 Å². The molecule has 1 aromatic rings. The molecule has 4 rings (SSSR count). The van der Waals surface area contributed by atoms with E-state index in [0.29, 0.717) is 24.1 Å². The number of rotatable bonds is 3. The Morgan fingerprint density at radius 3 is 2.57 bits per heavy atom. The summed E-state index contributed by atoms with van der Waals surface area (Å²) in [5.41, 5.74) is 1.80. The normalized spacial score (nSPS) is 22.8. The van der Waals surface area contributed by atoms with E-state index in [-0.39, 0.29) is 30.2 Å². The molecule has 1 aliphatic carbocycles. The molecule has 2 aliphatic heterocycles. The van der Waals surface area contributed by atoms with Crippen LogP contribution in [0.1, 0.15) is 71.2 Å². The van der Waals surface area contributed by atoms with Crippen molar-refractivity contribution in [2.45, 2.75) is 63.6 Å². The van der Waals surface area contributed by atoms with Crippen molar-refractivity contribution in [2.24, 2.45) is 0 Å². The summed E-state index contributed by atoms with van der Waals surface area (Å²) in [6.07, 6.45) is 6.12. The number of carbonyl (C=O) groups excluding carboxylic acids is 4. The second-order valence-corrected chi connectivity index (χ2v) is 7.98. The first-order chi connectivity index (χ1) is 13.5. The number of imide groups is 1. The first-order valence-electron chi connectivity index (χ1n) is 10.0. The molecule has 7 heteroatoms. The van der Waals surface area contributed by atoms with Gasteiger partial charge in [-0.1, -0.05) is 25.3 Å². The molecule has 0 spiro atoms. The van der Waals surface area contributed by atoms with Crippen LogP contribution >= 0.6 is 0 Å². The summed E-state index contributed by atoms with van der Waals surface area (Å²) in [6, 6.07) is 4.85. The van der Waals surface area contributed by atoms with Gasteiger partial charge in [0, 0.05) is 37.2 Å². The van der Waals surface area contributed by atoms with Crippen LogP contribution in [-0.4, -0.2) is 52.6 Å². The van der Waals surface area contributed by atoms with Gasteiger partial charge in [-0.25, -0.2) is 0 Å². The highest BCUT2D eigenvalue weighted by Gasteiger charge is 2.39. The molecule has 28 heavy (non-hydrogen) atoms. The molecule has 2 heterocycles. The Labute approximate surface area is 164 Å². The molecule has 148 valence electrons. The monoisotopic (exact) mass is 383 g/mol. The van der Waals surface area contributed by atoms with Gasteiger partial charge in [0.1, 0.15) is 6.04 Å². The topological polar surface area (TPSA) is 86.8 Å². The number of piperidine rings is 1. The molecular formula is C21H25N3O4. The van der Waals surface area contributed by atoms with Gasteiger partial charge in [0.15, 0.2) is 0 Å². The lowest BCUT2D eigenvalue weighted by Crippen LogP contribution is -2.52. The van der Waals surface area contributed by atoms with Crippen LogP contribution in [0.2, 0.25) is 0 Å². The van der Waals surface area contributed by atoms with Crippen LogP contribution in [0.5, 0.6) is 0 Å². The molecule has 1 aromatic carbocycles. The van der Waals surface area contributed by atoms with Gasteiger partial charge >= 0.3 is 0 Å². The van der Waals surface area contributed by atoms with Crippen LogP contribution in [-0.2, 0) is 16.1 Å². The van der Waals surface area contributed by atoms with Gasteiger partial charge in [0.2, 0.25) is 11.8 Å². The van der Waals surface area contributed by atoms with Crippen LogP contribution in [0, 0.1) is 0 Å². The molecule has 0 radical (unpaired) electrons. The molecule has 0 aromatic heterocycles. The van der Waals surface area contributed by atoms with Crippen LogP contribution in [0.15, 0.2) is 18.2 Å². The quantitative estimate of drug-likeness (QED) is 0.807. The van der Waals surface area contributed by atoms with Crippen molar-refractivity contribution < 1.29 is 19.2 Å². The smallest absolute Gasteiger partial charge is 0.255 e. The Morgan fingerprint density at radius 2 is 1.86 bits per heavy atom. The molecule has 1 saturated heterocycles. The van der Waals surface area contributed by atoms with Crippen LogP contribution in [0.4, 0.5) is 0 Å². The number of benzene rings is 1. The van der Waals surface area contributed by atoms with E-state index >= 15 is 0 Å². The Morgan fingerprint density at radius 1 is 1.11 bits per heavy atom. The summed E-state index contributed by atoms with van der Waals surface area (Å²) in [6.45, 7) is 0.327. The van der Waals surface area contributed by atoms with Crippen molar-refractivity contribution in [3.63, 3.8) is 0 Å². The summed E-state index contributed by atoms with van der Waals surface area (Å²) in [5.74, 6) is -1.05. The number of carbonyl (C=O) groups is 4. The lowest BCUT2D eigenvalue weighted by molar-refractivity contribution is -0.136. The first kappa shape index (κ1) is 18.7. The van der Waals surface area contributed by atoms with E-state index in [2.05, 4.69) is 5.32 Å². The minimum atomic E-state index is -0.637. The third-order valence-electron chi connectivity index (χ3n) is 6.22. The highest BCUT2D eigenvalue weighted by molar-refractivity contribution is 6.06. The summed E-state index contributed by atoms with van der Waals surface area (Å²) < 4.78 is 0. The van der Waals surface area contributed by atoms with Gasteiger partial charge in [-0.05, 0) is 37.0 Å². The molecule has 1 N–H and O–H groups in total. The first-order valence-corrected chi connectivity index (χ1v) is 10.0. The van der Waals surface area contributed by atoms with Crippen molar-refractivity contribution >= 4 is 23.6 Å². The molecule has 4 amide bonds. The van der Waals surface area contributed by atoms with E-state index < -0.39 is 11.9 Å². The van der Waals surface area contributed by atoms with Gasteiger partial charge < -0.3 is 9.80 Å². The lowest BCUT2D eigenvalue weighted by atomic mass is 9.94. The van der Waals surface area contributed by atoms with E-state index in [0.717, 1.165) is 31.2 Å². The maximum Gasteiger partial charge on any atom is 0.255 e. The van der Waals surface area contributed by atoms with Crippen molar-refractivity contribution in [3.05, 3.63) is 34.9 Å². The number of hydrogen-bond donors (Lipinski definition) is 1. The van der Waals surface area contributed by atoms with Gasteiger partial charge in [0.25, 0.3) is 11.8 Å². The fourth-order valence-corrected chi connectivity index (χ4v) is 4.53. The third kappa shape index (κ3) is 3.30. The SMILES string of the molecule is CN(C(=O)c1ccc2c(c1)C(=O)N(C1CCC(=O)NC1=O)C2)C1CCCCC1. The molecule has 2 fully saturated rings. The highest BCUT2D eigenvalue weighted by atomic mass is 16.2. The Hall–Kier alpha value is -2.70. The second-order valence-electron chi connectivity index (χ2n) is 7.98. The highest BCUT2D eigenvalue weighted by Crippen LogP contribution is 2.29. The maximum atomic E-state index is 12.9. The molecule has 1 saturated carbocycles. The Bertz CT molecular complexity index is 844. The van der Waals surface area contributed by atoms with Crippen molar-refractivity contribution in [1.29, 1.82) is 0 Å². The van der Waals surface area contributed by atoms with Crippen LogP contribution < -0.4 is 5.32 Å². The predicted octanol–water partition coefficient (Wildman–Crippen LogP) is 1.85. The standard InChI is InChI=1S/C21H25N3O4/c1-23(15-5-3-2-4-6-15)20(27)13-7-8-14-12-24(21(28)16(14)11-13)17-9-10-18(25)22-19(17)26/h7-8,11,15,17H,2-6,9-10,12H2,1H3,(H,22,25,26). The van der Waals surface area contributed by atoms with Crippen molar-refractivity contribution in [1.82, 2.24) is 15.1 Å². The average Bonchev–Trinajstić information content (AvgIpc) is 3.03. The van der Waals surface area contributed by atoms with Crippen LogP contribution in [0.3, 0.4) is 0 Å². The minimum Gasteiger partial charge on any atom is -0.339 e. The number of nitrogens with one attached hydrogen (secondary N) is 1. The molecule has 1 atom stereocenters. The lowest BCUT2D eigenvalue weighted by Gasteiger charge is -2.31. The zero-order valence-electron chi connectivity index (χ0n) is 16.1. The number of hydrogen-bond acceptors (Lipinski definition) is 4. The maximum absolute atomic E-state index is 12.9. The third-order valence-corrected chi connectivity index (χ3v) is 6.22. The van der Waals surface area contributed by atoms with E-state index in [9.17, 15) is 19.2 Å². The minimum absolute atomic E-state index is 0.0676. The van der Waals surface area contributed by atoms with Gasteiger partial charge in [-0.3, -0.25) is 24.5 Å². The number of amides is 4. The van der Waals surface area contributed by atoms with Gasteiger partial charge in [0.05, 0.1) is 0 Å². The van der Waals surface area contributed by atoms with Gasteiger partial charge in [-0.15, -0.1) is 0 Å². The fraction of sp³-hybridized carbons (Fsp3) is 0.524. The van der Waals surface area contributed by atoms with Crippen LogP contribution in [0.25, 0.3) is 0 Å². The predicted molar refractivity (Wildman–Crippen MR) is 101 cm³/mol. The molecule has 3 aliphatic rings. The largest absolute Gasteiger partial charge is 0.339 e. The van der Waals surface area contributed by atoms with E-state index in [1.54, 1.807) is 23.1 Å². The zero-order chi connectivity index (χ0) is 19.8. The number of fused-ring (bicyclic) bond motifs is 1. The van der Waals surface area contributed by atoms with E-state index in [1.165, 1.54) is 11.3 Å². The van der Waals surface area contributed by atoms with Crippen molar-refractivity contribution in [2.75, 3.05) is 7.05 Å². The zero-order valence-corrected chi connectivity index (χ0v) is 16.1. The summed E-state index contributed by atoms with van der Waals surface area (Å²) >= 11 is 0. The average molecular weight is 383 g/mol. The number of nitrogens with zero attached hydrogens (tertiary/aromatic N) is 2. The Kier molecular flexibility index (Phi) is 4.91.